The largest absolute Gasteiger partial charge is 0.497 e. The molecular formula is C31H36N2O6. The first kappa shape index (κ1) is 28.1. The summed E-state index contributed by atoms with van der Waals surface area (Å²) in [6, 6.07) is 24.2. The maximum Gasteiger partial charge on any atom is 0.247 e. The van der Waals surface area contributed by atoms with Crippen LogP contribution in [0.15, 0.2) is 78.9 Å². The van der Waals surface area contributed by atoms with Crippen LogP contribution in [0, 0.1) is 5.92 Å². The average Bonchev–Trinajstić information content (AvgIpc) is 3.01. The number of benzene rings is 3. The van der Waals surface area contributed by atoms with E-state index in [9.17, 15) is 14.7 Å². The van der Waals surface area contributed by atoms with E-state index in [0.29, 0.717) is 31.0 Å². The summed E-state index contributed by atoms with van der Waals surface area (Å²) < 4.78 is 17.6. The number of likely N-dealkylation sites (tertiary alicyclic amines) is 1. The fourth-order valence-corrected chi connectivity index (χ4v) is 5.11. The lowest BCUT2D eigenvalue weighted by Crippen LogP contribution is -2.52. The van der Waals surface area contributed by atoms with E-state index in [2.05, 4.69) is 5.32 Å². The van der Waals surface area contributed by atoms with Gasteiger partial charge in [-0.1, -0.05) is 54.6 Å². The SMILES string of the molecule is COc1ccc(C(OC[C@H](NC=O)C(=O)N2CCC(CO)CC2)(c2ccccc2)c2ccc(OC)cc2)cc1. The number of methoxy groups -OCH3 is 2. The van der Waals surface area contributed by atoms with Crippen LogP contribution in [0.3, 0.4) is 0 Å². The minimum absolute atomic E-state index is 0.0650. The van der Waals surface area contributed by atoms with Crippen molar-refractivity contribution in [2.45, 2.75) is 24.5 Å². The highest BCUT2D eigenvalue weighted by Gasteiger charge is 2.40. The van der Waals surface area contributed by atoms with Gasteiger partial charge in [-0.25, -0.2) is 0 Å². The Bertz CT molecular complexity index is 1140. The maximum atomic E-state index is 13.5. The van der Waals surface area contributed by atoms with Crippen molar-refractivity contribution in [1.29, 1.82) is 0 Å². The molecule has 0 bridgehead atoms. The number of ether oxygens (including phenoxy) is 3. The van der Waals surface area contributed by atoms with Crippen molar-refractivity contribution in [2.24, 2.45) is 5.92 Å². The van der Waals surface area contributed by atoms with Crippen molar-refractivity contribution in [3.05, 3.63) is 95.6 Å². The highest BCUT2D eigenvalue weighted by molar-refractivity contribution is 5.84. The molecule has 0 radical (unpaired) electrons. The maximum absolute atomic E-state index is 13.5. The highest BCUT2D eigenvalue weighted by Crippen LogP contribution is 2.41. The summed E-state index contributed by atoms with van der Waals surface area (Å²) in [7, 11) is 3.23. The quantitative estimate of drug-likeness (QED) is 0.274. The van der Waals surface area contributed by atoms with Gasteiger partial charge in [-0.15, -0.1) is 0 Å². The molecule has 4 rings (SSSR count). The monoisotopic (exact) mass is 532 g/mol. The summed E-state index contributed by atoms with van der Waals surface area (Å²) in [6.07, 6.45) is 1.99. The van der Waals surface area contributed by atoms with Crippen LogP contribution < -0.4 is 14.8 Å². The third kappa shape index (κ3) is 6.24. The normalized spacial score (nSPS) is 14.9. The zero-order chi connectivity index (χ0) is 27.7. The fourth-order valence-electron chi connectivity index (χ4n) is 5.11. The van der Waals surface area contributed by atoms with Gasteiger partial charge in [0.25, 0.3) is 0 Å². The van der Waals surface area contributed by atoms with Crippen molar-refractivity contribution in [3.63, 3.8) is 0 Å². The van der Waals surface area contributed by atoms with Gasteiger partial charge >= 0.3 is 0 Å². The van der Waals surface area contributed by atoms with Crippen LogP contribution in [0.2, 0.25) is 0 Å². The minimum Gasteiger partial charge on any atom is -0.497 e. The van der Waals surface area contributed by atoms with E-state index in [0.717, 1.165) is 29.5 Å². The summed E-state index contributed by atoms with van der Waals surface area (Å²) in [5.41, 5.74) is 1.43. The van der Waals surface area contributed by atoms with E-state index < -0.39 is 11.6 Å². The molecule has 8 heteroatoms. The molecule has 0 saturated carbocycles. The van der Waals surface area contributed by atoms with Crippen LogP contribution >= 0.6 is 0 Å². The molecule has 8 nitrogen and oxygen atoms in total. The zero-order valence-electron chi connectivity index (χ0n) is 22.4. The van der Waals surface area contributed by atoms with E-state index >= 15 is 0 Å². The number of aliphatic hydroxyl groups excluding tert-OH is 1. The van der Waals surface area contributed by atoms with Gasteiger partial charge in [0, 0.05) is 19.7 Å². The number of amides is 2. The molecule has 0 unspecified atom stereocenters. The second-order valence-corrected chi connectivity index (χ2v) is 9.60. The van der Waals surface area contributed by atoms with Crippen LogP contribution in [0.1, 0.15) is 29.5 Å². The van der Waals surface area contributed by atoms with Crippen LogP contribution in [-0.2, 0) is 19.9 Å². The Morgan fingerprint density at radius 2 is 1.44 bits per heavy atom. The Balaban J connectivity index is 1.74. The molecule has 0 spiro atoms. The molecule has 1 fully saturated rings. The second kappa shape index (κ2) is 13.3. The Labute approximate surface area is 229 Å². The molecule has 1 saturated heterocycles. The van der Waals surface area contributed by atoms with Gasteiger partial charge in [-0.2, -0.15) is 0 Å². The molecule has 1 atom stereocenters. The number of hydrogen-bond donors (Lipinski definition) is 2. The van der Waals surface area contributed by atoms with E-state index in [4.69, 9.17) is 14.2 Å². The zero-order valence-corrected chi connectivity index (χ0v) is 22.4. The van der Waals surface area contributed by atoms with Gasteiger partial charge in [-0.3, -0.25) is 9.59 Å². The van der Waals surface area contributed by atoms with Crippen molar-refractivity contribution in [2.75, 3.05) is 40.5 Å². The van der Waals surface area contributed by atoms with E-state index in [1.54, 1.807) is 19.1 Å². The number of piperidine rings is 1. The highest BCUT2D eigenvalue weighted by atomic mass is 16.5. The van der Waals surface area contributed by atoms with Crippen molar-refractivity contribution >= 4 is 12.3 Å². The lowest BCUT2D eigenvalue weighted by Gasteiger charge is -2.38. The number of aliphatic hydroxyl groups is 1. The molecule has 1 aliphatic rings. The van der Waals surface area contributed by atoms with Crippen molar-refractivity contribution in [3.8, 4) is 11.5 Å². The number of nitrogens with one attached hydrogen (secondary N) is 1. The number of nitrogens with zero attached hydrogens (tertiary/aromatic N) is 1. The Morgan fingerprint density at radius 1 is 0.923 bits per heavy atom. The molecule has 0 aliphatic carbocycles. The first-order valence-corrected chi connectivity index (χ1v) is 13.1. The van der Waals surface area contributed by atoms with Gasteiger partial charge in [0.05, 0.1) is 20.8 Å². The topological polar surface area (TPSA) is 97.3 Å². The van der Waals surface area contributed by atoms with Gasteiger partial charge in [-0.05, 0) is 59.7 Å². The summed E-state index contributed by atoms with van der Waals surface area (Å²) in [5, 5.41) is 12.2. The summed E-state index contributed by atoms with van der Waals surface area (Å²) in [4.78, 5) is 26.8. The van der Waals surface area contributed by atoms with Gasteiger partial charge in [0.1, 0.15) is 23.1 Å². The van der Waals surface area contributed by atoms with E-state index in [1.165, 1.54) is 0 Å². The second-order valence-electron chi connectivity index (χ2n) is 9.60. The third-order valence-electron chi connectivity index (χ3n) is 7.39. The van der Waals surface area contributed by atoms with Crippen molar-refractivity contribution < 1.29 is 28.9 Å². The van der Waals surface area contributed by atoms with Crippen LogP contribution in [0.25, 0.3) is 0 Å². The van der Waals surface area contributed by atoms with E-state index in [-0.39, 0.29) is 25.0 Å². The number of carbonyl (C=O) groups is 2. The Morgan fingerprint density at radius 3 is 1.90 bits per heavy atom. The Hall–Kier alpha value is -3.88. The molecule has 3 aromatic carbocycles. The number of hydrogen-bond acceptors (Lipinski definition) is 6. The first-order valence-electron chi connectivity index (χ1n) is 13.1. The minimum atomic E-state index is -1.10. The summed E-state index contributed by atoms with van der Waals surface area (Å²) >= 11 is 0. The van der Waals surface area contributed by atoms with Gasteiger partial charge < -0.3 is 29.5 Å². The van der Waals surface area contributed by atoms with Gasteiger partial charge in [0.2, 0.25) is 12.3 Å². The lowest BCUT2D eigenvalue weighted by atomic mass is 9.80. The molecule has 0 aromatic heterocycles. The van der Waals surface area contributed by atoms with Crippen LogP contribution in [0.4, 0.5) is 0 Å². The first-order chi connectivity index (χ1) is 19.0. The summed E-state index contributed by atoms with van der Waals surface area (Å²) in [6.45, 7) is 1.11. The predicted octanol–water partition coefficient (Wildman–Crippen LogP) is 3.36. The average molecular weight is 533 g/mol. The molecule has 39 heavy (non-hydrogen) atoms. The van der Waals surface area contributed by atoms with E-state index in [1.807, 2.05) is 78.9 Å². The smallest absolute Gasteiger partial charge is 0.247 e. The molecule has 1 heterocycles. The van der Waals surface area contributed by atoms with Crippen LogP contribution in [0.5, 0.6) is 11.5 Å². The lowest BCUT2D eigenvalue weighted by molar-refractivity contribution is -0.139. The van der Waals surface area contributed by atoms with Gasteiger partial charge in [0.15, 0.2) is 0 Å². The fraction of sp³-hybridized carbons (Fsp3) is 0.355. The molecule has 2 N–H and O–H groups in total. The molecule has 2 amide bonds. The number of rotatable bonds is 12. The molecular weight excluding hydrogens is 496 g/mol. The molecule has 1 aliphatic heterocycles. The third-order valence-corrected chi connectivity index (χ3v) is 7.39. The summed E-state index contributed by atoms with van der Waals surface area (Å²) in [5.74, 6) is 1.40. The number of carbonyl (C=O) groups excluding carboxylic acids is 2. The molecule has 3 aromatic rings. The standard InChI is InChI=1S/C31H36N2O6/c1-37-27-12-8-25(9-13-27)31(24-6-4-3-5-7-24,26-10-14-28(38-2)15-11-26)39-21-29(32-22-35)30(36)33-18-16-23(20-34)17-19-33/h3-15,22-23,29,34H,16-21H2,1-2H3,(H,32,35)/t29-/m0/s1. The molecule has 206 valence electrons. The van der Waals surface area contributed by atoms with Crippen LogP contribution in [-0.4, -0.2) is 68.9 Å². The predicted molar refractivity (Wildman–Crippen MR) is 148 cm³/mol. The van der Waals surface area contributed by atoms with Crippen molar-refractivity contribution in [1.82, 2.24) is 10.2 Å². The Kier molecular flexibility index (Phi) is 9.57.